The maximum atomic E-state index is 5.95. The summed E-state index contributed by atoms with van der Waals surface area (Å²) in [5, 5.41) is 12.1. The molecule has 0 amide bonds. The van der Waals surface area contributed by atoms with Crippen molar-refractivity contribution in [3.8, 4) is 0 Å². The van der Waals surface area contributed by atoms with Crippen LogP contribution in [0.3, 0.4) is 0 Å². The summed E-state index contributed by atoms with van der Waals surface area (Å²) >= 11 is 0. The third-order valence-electron chi connectivity index (χ3n) is 3.81. The van der Waals surface area contributed by atoms with E-state index in [1.807, 2.05) is 11.6 Å². The molecule has 108 valence electrons. The first-order chi connectivity index (χ1) is 9.36. The second kappa shape index (κ2) is 7.55. The van der Waals surface area contributed by atoms with Gasteiger partial charge >= 0.3 is 0 Å². The molecule has 0 saturated heterocycles. The molecule has 19 heavy (non-hydrogen) atoms. The molecule has 1 saturated carbocycles. The van der Waals surface area contributed by atoms with Crippen LogP contribution in [0, 0.1) is 5.92 Å². The SMILES string of the molecule is CCOC(c1nnnn1CCCN)C1CCCCC1. The Bertz CT molecular complexity index is 362. The fraction of sp³-hybridized carbons (Fsp3) is 0.923. The quantitative estimate of drug-likeness (QED) is 0.813. The van der Waals surface area contributed by atoms with Crippen molar-refractivity contribution in [2.24, 2.45) is 11.7 Å². The van der Waals surface area contributed by atoms with E-state index in [1.54, 1.807) is 0 Å². The maximum Gasteiger partial charge on any atom is 0.180 e. The first-order valence-corrected chi connectivity index (χ1v) is 7.44. The fourth-order valence-corrected chi connectivity index (χ4v) is 2.85. The van der Waals surface area contributed by atoms with Gasteiger partial charge in [-0.15, -0.1) is 5.10 Å². The number of tetrazole rings is 1. The topological polar surface area (TPSA) is 78.9 Å². The average Bonchev–Trinajstić information content (AvgIpc) is 2.91. The van der Waals surface area contributed by atoms with Crippen LogP contribution in [0.1, 0.15) is 57.4 Å². The van der Waals surface area contributed by atoms with Crippen LogP contribution in [-0.4, -0.2) is 33.4 Å². The summed E-state index contributed by atoms with van der Waals surface area (Å²) in [7, 11) is 0. The summed E-state index contributed by atoms with van der Waals surface area (Å²) in [6.45, 7) is 4.16. The Labute approximate surface area is 114 Å². The predicted octanol–water partition coefficient (Wildman–Crippen LogP) is 1.68. The summed E-state index contributed by atoms with van der Waals surface area (Å²) in [4.78, 5) is 0. The van der Waals surface area contributed by atoms with Gasteiger partial charge in [0.05, 0.1) is 0 Å². The van der Waals surface area contributed by atoms with Gasteiger partial charge in [-0.25, -0.2) is 4.68 Å². The Morgan fingerprint density at radius 3 is 2.84 bits per heavy atom. The highest BCUT2D eigenvalue weighted by Gasteiger charge is 2.29. The van der Waals surface area contributed by atoms with Crippen molar-refractivity contribution >= 4 is 0 Å². The van der Waals surface area contributed by atoms with Gasteiger partial charge in [0.15, 0.2) is 5.82 Å². The molecule has 2 N–H and O–H groups in total. The van der Waals surface area contributed by atoms with Crippen LogP contribution in [0.4, 0.5) is 0 Å². The number of aromatic nitrogens is 4. The van der Waals surface area contributed by atoms with E-state index in [0.29, 0.717) is 19.1 Å². The summed E-state index contributed by atoms with van der Waals surface area (Å²) in [6.07, 6.45) is 7.28. The number of hydrogen-bond donors (Lipinski definition) is 1. The van der Waals surface area contributed by atoms with Crippen LogP contribution < -0.4 is 5.73 Å². The molecule has 1 fully saturated rings. The van der Waals surface area contributed by atoms with Gasteiger partial charge in [0.2, 0.25) is 0 Å². The van der Waals surface area contributed by atoms with E-state index in [2.05, 4.69) is 15.5 Å². The lowest BCUT2D eigenvalue weighted by atomic mass is 9.85. The molecule has 6 heteroatoms. The van der Waals surface area contributed by atoms with Crippen LogP contribution in [0.5, 0.6) is 0 Å². The Morgan fingerprint density at radius 1 is 1.37 bits per heavy atom. The van der Waals surface area contributed by atoms with E-state index in [1.165, 1.54) is 32.1 Å². The number of nitrogens with two attached hydrogens (primary N) is 1. The number of rotatable bonds is 7. The first-order valence-electron chi connectivity index (χ1n) is 7.44. The Kier molecular flexibility index (Phi) is 5.72. The van der Waals surface area contributed by atoms with Crippen molar-refractivity contribution in [2.75, 3.05) is 13.2 Å². The molecular formula is C13H25N5O. The van der Waals surface area contributed by atoms with Crippen LogP contribution in [0.15, 0.2) is 0 Å². The van der Waals surface area contributed by atoms with E-state index >= 15 is 0 Å². The minimum atomic E-state index is 0.0399. The molecule has 6 nitrogen and oxygen atoms in total. The van der Waals surface area contributed by atoms with Crippen molar-refractivity contribution in [3.05, 3.63) is 5.82 Å². The molecule has 1 unspecified atom stereocenters. The smallest absolute Gasteiger partial charge is 0.180 e. The summed E-state index contributed by atoms with van der Waals surface area (Å²) in [6, 6.07) is 0. The van der Waals surface area contributed by atoms with Crippen molar-refractivity contribution < 1.29 is 4.74 Å². The van der Waals surface area contributed by atoms with Crippen LogP contribution in [-0.2, 0) is 11.3 Å². The molecule has 1 aromatic heterocycles. The van der Waals surface area contributed by atoms with Gasteiger partial charge in [-0.2, -0.15) is 0 Å². The summed E-state index contributed by atoms with van der Waals surface area (Å²) in [5.41, 5.74) is 5.56. The molecule has 0 aliphatic heterocycles. The van der Waals surface area contributed by atoms with Gasteiger partial charge in [-0.05, 0) is 49.1 Å². The highest BCUT2D eigenvalue weighted by Crippen LogP contribution is 2.35. The van der Waals surface area contributed by atoms with E-state index < -0.39 is 0 Å². The van der Waals surface area contributed by atoms with E-state index in [-0.39, 0.29) is 6.10 Å². The van der Waals surface area contributed by atoms with Gasteiger partial charge in [-0.3, -0.25) is 0 Å². The third kappa shape index (κ3) is 3.73. The standard InChI is InChI=1S/C13H25N5O/c1-2-19-12(11-7-4-3-5-8-11)13-15-16-17-18(13)10-6-9-14/h11-12H,2-10,14H2,1H3. The third-order valence-corrected chi connectivity index (χ3v) is 3.81. The summed E-state index contributed by atoms with van der Waals surface area (Å²) in [5.74, 6) is 1.43. The van der Waals surface area contributed by atoms with Crippen LogP contribution in [0.2, 0.25) is 0 Å². The molecule has 0 bridgehead atoms. The lowest BCUT2D eigenvalue weighted by Crippen LogP contribution is -2.23. The van der Waals surface area contributed by atoms with Crippen molar-refractivity contribution in [3.63, 3.8) is 0 Å². The molecule has 0 aromatic carbocycles. The largest absolute Gasteiger partial charge is 0.370 e. The van der Waals surface area contributed by atoms with Gasteiger partial charge in [-0.1, -0.05) is 19.3 Å². The molecule has 0 radical (unpaired) electrons. The van der Waals surface area contributed by atoms with Gasteiger partial charge in [0.25, 0.3) is 0 Å². The van der Waals surface area contributed by atoms with Gasteiger partial charge < -0.3 is 10.5 Å². The monoisotopic (exact) mass is 267 g/mol. The number of nitrogens with zero attached hydrogens (tertiary/aromatic N) is 4. The second-order valence-corrected chi connectivity index (χ2v) is 5.18. The fourth-order valence-electron chi connectivity index (χ4n) is 2.85. The van der Waals surface area contributed by atoms with Crippen molar-refractivity contribution in [1.29, 1.82) is 0 Å². The zero-order chi connectivity index (χ0) is 13.5. The summed E-state index contributed by atoms with van der Waals surface area (Å²) < 4.78 is 7.81. The van der Waals surface area contributed by atoms with Crippen LogP contribution in [0.25, 0.3) is 0 Å². The number of hydrogen-bond acceptors (Lipinski definition) is 5. The number of ether oxygens (including phenoxy) is 1. The minimum absolute atomic E-state index is 0.0399. The second-order valence-electron chi connectivity index (χ2n) is 5.18. The predicted molar refractivity (Wildman–Crippen MR) is 72.4 cm³/mol. The zero-order valence-electron chi connectivity index (χ0n) is 11.8. The molecule has 1 aromatic rings. The lowest BCUT2D eigenvalue weighted by molar-refractivity contribution is -0.00320. The van der Waals surface area contributed by atoms with Gasteiger partial charge in [0.1, 0.15) is 6.10 Å². The number of aryl methyl sites for hydroxylation is 1. The van der Waals surface area contributed by atoms with E-state index in [4.69, 9.17) is 10.5 Å². The molecular weight excluding hydrogens is 242 g/mol. The van der Waals surface area contributed by atoms with E-state index in [0.717, 1.165) is 18.8 Å². The van der Waals surface area contributed by atoms with E-state index in [9.17, 15) is 0 Å². The molecule has 1 aliphatic carbocycles. The maximum absolute atomic E-state index is 5.95. The normalized spacial score (nSPS) is 18.6. The highest BCUT2D eigenvalue weighted by molar-refractivity contribution is 4.93. The van der Waals surface area contributed by atoms with Gasteiger partial charge in [0, 0.05) is 13.2 Å². The highest BCUT2D eigenvalue weighted by atomic mass is 16.5. The van der Waals surface area contributed by atoms with Crippen LogP contribution >= 0.6 is 0 Å². The lowest BCUT2D eigenvalue weighted by Gasteiger charge is -2.29. The molecule has 1 atom stereocenters. The molecule has 2 rings (SSSR count). The zero-order valence-corrected chi connectivity index (χ0v) is 11.8. The average molecular weight is 267 g/mol. The Balaban J connectivity index is 2.10. The first kappa shape index (κ1) is 14.4. The Morgan fingerprint density at radius 2 is 2.16 bits per heavy atom. The van der Waals surface area contributed by atoms with Crippen molar-refractivity contribution in [1.82, 2.24) is 20.2 Å². The molecule has 1 heterocycles. The molecule has 1 aliphatic rings. The minimum Gasteiger partial charge on any atom is -0.370 e. The van der Waals surface area contributed by atoms with Crippen molar-refractivity contribution in [2.45, 2.75) is 58.1 Å². The molecule has 0 spiro atoms. The Hall–Kier alpha value is -1.01.